The monoisotopic (exact) mass is 244 g/mol. The van der Waals surface area contributed by atoms with Crippen molar-refractivity contribution in [2.24, 2.45) is 0 Å². The molecule has 0 amide bonds. The predicted molar refractivity (Wildman–Crippen MR) is 69.8 cm³/mol. The number of thiophene rings is 1. The van der Waals surface area contributed by atoms with Crippen LogP contribution in [0.1, 0.15) is 10.4 Å². The van der Waals surface area contributed by atoms with Gasteiger partial charge in [0.25, 0.3) is 0 Å². The van der Waals surface area contributed by atoms with E-state index in [9.17, 15) is 0 Å². The molecule has 17 heavy (non-hydrogen) atoms. The van der Waals surface area contributed by atoms with Crippen LogP contribution in [-0.4, -0.2) is 14.2 Å². The first-order chi connectivity index (χ1) is 8.35. The summed E-state index contributed by atoms with van der Waals surface area (Å²) in [7, 11) is 3.26. The van der Waals surface area contributed by atoms with E-state index in [0.717, 1.165) is 21.9 Å². The van der Waals surface area contributed by atoms with Crippen LogP contribution in [0.3, 0.4) is 0 Å². The zero-order valence-electron chi connectivity index (χ0n) is 9.69. The zero-order valence-corrected chi connectivity index (χ0v) is 10.5. The molecular formula is C14H12O2S. The van der Waals surface area contributed by atoms with Gasteiger partial charge in [-0.1, -0.05) is 24.0 Å². The Labute approximate surface area is 105 Å². The lowest BCUT2D eigenvalue weighted by molar-refractivity contribution is 0.392. The van der Waals surface area contributed by atoms with Crippen molar-refractivity contribution in [3.63, 3.8) is 0 Å². The second-order valence-corrected chi connectivity index (χ2v) is 4.21. The molecule has 2 rings (SSSR count). The summed E-state index contributed by atoms with van der Waals surface area (Å²) in [6, 6.07) is 9.60. The molecule has 0 fully saturated rings. The molecule has 0 aliphatic carbocycles. The molecule has 1 aromatic heterocycles. The van der Waals surface area contributed by atoms with E-state index in [1.54, 1.807) is 25.6 Å². The maximum atomic E-state index is 5.28. The summed E-state index contributed by atoms with van der Waals surface area (Å²) in [5.74, 6) is 7.66. The fourth-order valence-electron chi connectivity index (χ4n) is 1.45. The Kier molecular flexibility index (Phi) is 3.69. The molecule has 2 aromatic rings. The van der Waals surface area contributed by atoms with Crippen molar-refractivity contribution in [3.8, 4) is 23.3 Å². The Morgan fingerprint density at radius 2 is 1.65 bits per heavy atom. The van der Waals surface area contributed by atoms with Gasteiger partial charge in [0.1, 0.15) is 17.1 Å². The second-order valence-electron chi connectivity index (χ2n) is 3.26. The van der Waals surface area contributed by atoms with Gasteiger partial charge < -0.3 is 9.47 Å². The summed E-state index contributed by atoms with van der Waals surface area (Å²) in [6.07, 6.45) is 0. The maximum Gasteiger partial charge on any atom is 0.138 e. The summed E-state index contributed by atoms with van der Waals surface area (Å²) in [6.45, 7) is 0. The number of methoxy groups -OCH3 is 2. The summed E-state index contributed by atoms with van der Waals surface area (Å²) in [5, 5.41) is 2.00. The largest absolute Gasteiger partial charge is 0.495 e. The highest BCUT2D eigenvalue weighted by Gasteiger charge is 2.06. The van der Waals surface area contributed by atoms with Gasteiger partial charge in [-0.25, -0.2) is 0 Å². The number of hydrogen-bond acceptors (Lipinski definition) is 3. The Hall–Kier alpha value is -1.92. The highest BCUT2D eigenvalue weighted by molar-refractivity contribution is 7.10. The molecule has 1 aromatic carbocycles. The molecule has 0 saturated carbocycles. The van der Waals surface area contributed by atoms with Crippen LogP contribution in [0.2, 0.25) is 0 Å². The first-order valence-electron chi connectivity index (χ1n) is 5.11. The van der Waals surface area contributed by atoms with Gasteiger partial charge in [0, 0.05) is 0 Å². The van der Waals surface area contributed by atoms with E-state index in [1.807, 2.05) is 35.7 Å². The van der Waals surface area contributed by atoms with Crippen molar-refractivity contribution < 1.29 is 9.47 Å². The van der Waals surface area contributed by atoms with Crippen LogP contribution >= 0.6 is 11.3 Å². The molecule has 0 atom stereocenters. The molecule has 0 N–H and O–H groups in total. The number of hydrogen-bond donors (Lipinski definition) is 0. The Morgan fingerprint density at radius 3 is 2.18 bits per heavy atom. The first-order valence-corrected chi connectivity index (χ1v) is 5.99. The molecule has 86 valence electrons. The van der Waals surface area contributed by atoms with Crippen molar-refractivity contribution in [2.45, 2.75) is 0 Å². The Morgan fingerprint density at radius 1 is 0.941 bits per heavy atom. The lowest BCUT2D eigenvalue weighted by Gasteiger charge is -2.07. The number of ether oxygens (including phenoxy) is 2. The van der Waals surface area contributed by atoms with E-state index >= 15 is 0 Å². The van der Waals surface area contributed by atoms with Crippen molar-refractivity contribution in [1.29, 1.82) is 0 Å². The van der Waals surface area contributed by atoms with Crippen molar-refractivity contribution in [2.75, 3.05) is 14.2 Å². The highest BCUT2D eigenvalue weighted by Crippen LogP contribution is 2.27. The minimum absolute atomic E-state index is 0.730. The van der Waals surface area contributed by atoms with E-state index in [0.29, 0.717) is 0 Å². The third-order valence-electron chi connectivity index (χ3n) is 2.26. The summed E-state index contributed by atoms with van der Waals surface area (Å²) in [4.78, 5) is 1.03. The van der Waals surface area contributed by atoms with Crippen LogP contribution < -0.4 is 9.47 Å². The topological polar surface area (TPSA) is 18.5 Å². The lowest BCUT2D eigenvalue weighted by Crippen LogP contribution is -1.92. The highest BCUT2D eigenvalue weighted by atomic mass is 32.1. The summed E-state index contributed by atoms with van der Waals surface area (Å²) in [5.41, 5.74) is 0.783. The van der Waals surface area contributed by atoms with Crippen LogP contribution in [0.5, 0.6) is 11.5 Å². The SMILES string of the molecule is COc1cccc(OC)c1C#Cc1cccs1. The van der Waals surface area contributed by atoms with E-state index in [1.165, 1.54) is 0 Å². The molecule has 0 bridgehead atoms. The van der Waals surface area contributed by atoms with Crippen molar-refractivity contribution in [1.82, 2.24) is 0 Å². The molecule has 1 heterocycles. The standard InChI is InChI=1S/C14H12O2S/c1-15-13-6-3-7-14(16-2)12(13)9-8-11-5-4-10-17-11/h3-7,10H,1-2H3. The van der Waals surface area contributed by atoms with Crippen LogP contribution in [0.4, 0.5) is 0 Å². The van der Waals surface area contributed by atoms with Gasteiger partial charge in [0.05, 0.1) is 19.1 Å². The zero-order chi connectivity index (χ0) is 12.1. The average molecular weight is 244 g/mol. The van der Waals surface area contributed by atoms with Gasteiger partial charge in [0.2, 0.25) is 0 Å². The minimum atomic E-state index is 0.730. The van der Waals surface area contributed by atoms with Gasteiger partial charge in [-0.2, -0.15) is 0 Å². The van der Waals surface area contributed by atoms with Crippen molar-refractivity contribution in [3.05, 3.63) is 46.2 Å². The minimum Gasteiger partial charge on any atom is -0.495 e. The van der Waals surface area contributed by atoms with E-state index in [2.05, 4.69) is 11.8 Å². The van der Waals surface area contributed by atoms with E-state index < -0.39 is 0 Å². The first kappa shape index (κ1) is 11.6. The molecule has 0 unspecified atom stereocenters. The second kappa shape index (κ2) is 5.42. The summed E-state index contributed by atoms with van der Waals surface area (Å²) >= 11 is 1.61. The molecule has 0 aliphatic rings. The fraction of sp³-hybridized carbons (Fsp3) is 0.143. The van der Waals surface area contributed by atoms with E-state index in [-0.39, 0.29) is 0 Å². The number of benzene rings is 1. The Balaban J connectivity index is 2.43. The molecule has 0 aliphatic heterocycles. The van der Waals surface area contributed by atoms with Gasteiger partial charge in [0.15, 0.2) is 0 Å². The summed E-state index contributed by atoms with van der Waals surface area (Å²) < 4.78 is 10.6. The van der Waals surface area contributed by atoms with Crippen LogP contribution in [0.25, 0.3) is 0 Å². The lowest BCUT2D eigenvalue weighted by atomic mass is 10.2. The maximum absolute atomic E-state index is 5.28. The normalized spacial score (nSPS) is 9.29. The Bertz CT molecular complexity index is 525. The fourth-order valence-corrected chi connectivity index (χ4v) is 2.02. The van der Waals surface area contributed by atoms with Crippen LogP contribution in [0, 0.1) is 11.8 Å². The van der Waals surface area contributed by atoms with Gasteiger partial charge in [-0.05, 0) is 23.6 Å². The third-order valence-corrected chi connectivity index (χ3v) is 3.04. The number of rotatable bonds is 2. The van der Waals surface area contributed by atoms with E-state index in [4.69, 9.17) is 9.47 Å². The van der Waals surface area contributed by atoms with Gasteiger partial charge >= 0.3 is 0 Å². The molecule has 3 heteroatoms. The van der Waals surface area contributed by atoms with Crippen LogP contribution in [-0.2, 0) is 0 Å². The van der Waals surface area contributed by atoms with Crippen LogP contribution in [0.15, 0.2) is 35.7 Å². The molecule has 0 spiro atoms. The smallest absolute Gasteiger partial charge is 0.138 e. The quantitative estimate of drug-likeness (QED) is 0.755. The predicted octanol–water partition coefficient (Wildman–Crippen LogP) is 3.17. The van der Waals surface area contributed by atoms with Crippen molar-refractivity contribution >= 4 is 11.3 Å². The molecule has 2 nitrogen and oxygen atoms in total. The molecular weight excluding hydrogens is 232 g/mol. The molecule has 0 radical (unpaired) electrons. The van der Waals surface area contributed by atoms with Gasteiger partial charge in [-0.3, -0.25) is 0 Å². The van der Waals surface area contributed by atoms with Gasteiger partial charge in [-0.15, -0.1) is 11.3 Å². The molecule has 0 saturated heterocycles. The third kappa shape index (κ3) is 2.61. The average Bonchev–Trinajstić information content (AvgIpc) is 2.88.